The van der Waals surface area contributed by atoms with Gasteiger partial charge in [0, 0.05) is 6.20 Å². The molecule has 0 bridgehead atoms. The molecule has 13 heavy (non-hydrogen) atoms. The molecule has 0 aliphatic heterocycles. The Morgan fingerprint density at radius 3 is 2.92 bits per heavy atom. The molecular weight excluding hydrogens is 268 g/mol. The first-order valence-corrected chi connectivity index (χ1v) is 6.20. The minimum atomic E-state index is 0.618. The van der Waals surface area contributed by atoms with E-state index in [9.17, 15) is 0 Å². The van der Waals surface area contributed by atoms with Crippen molar-refractivity contribution in [3.63, 3.8) is 0 Å². The van der Waals surface area contributed by atoms with Gasteiger partial charge in [-0.3, -0.25) is 0 Å². The number of hydrogen-bond acceptors (Lipinski definition) is 3. The SMILES string of the molecule is CC(C)SCc1ncc(Br)c(=S)[nH]1. The highest BCUT2D eigenvalue weighted by Gasteiger charge is 1.99. The maximum Gasteiger partial charge on any atom is 0.120 e. The van der Waals surface area contributed by atoms with Gasteiger partial charge in [0.05, 0.1) is 10.2 Å². The Hall–Kier alpha value is 0.130. The molecule has 2 nitrogen and oxygen atoms in total. The molecule has 1 aromatic rings. The van der Waals surface area contributed by atoms with Crippen LogP contribution in [0, 0.1) is 4.64 Å². The molecule has 0 amide bonds. The first-order valence-electron chi connectivity index (χ1n) is 3.95. The van der Waals surface area contributed by atoms with Crippen LogP contribution < -0.4 is 0 Å². The number of H-pyrrole nitrogens is 1. The number of rotatable bonds is 3. The van der Waals surface area contributed by atoms with Crippen molar-refractivity contribution in [1.29, 1.82) is 0 Å². The molecule has 5 heteroatoms. The zero-order valence-electron chi connectivity index (χ0n) is 7.50. The molecule has 0 fully saturated rings. The summed E-state index contributed by atoms with van der Waals surface area (Å²) in [6, 6.07) is 0. The van der Waals surface area contributed by atoms with Gasteiger partial charge in [-0.15, -0.1) is 0 Å². The Balaban J connectivity index is 2.69. The molecule has 0 saturated carbocycles. The summed E-state index contributed by atoms with van der Waals surface area (Å²) in [5, 5.41) is 0.618. The van der Waals surface area contributed by atoms with E-state index in [4.69, 9.17) is 12.2 Å². The van der Waals surface area contributed by atoms with Crippen LogP contribution in [0.5, 0.6) is 0 Å². The Kier molecular flexibility index (Phi) is 4.41. The van der Waals surface area contributed by atoms with E-state index in [0.29, 0.717) is 9.89 Å². The van der Waals surface area contributed by atoms with Gasteiger partial charge >= 0.3 is 0 Å². The molecule has 72 valence electrons. The van der Waals surface area contributed by atoms with Crippen LogP contribution in [0.1, 0.15) is 19.7 Å². The molecule has 0 aliphatic carbocycles. The van der Waals surface area contributed by atoms with Gasteiger partial charge in [0.1, 0.15) is 10.5 Å². The van der Waals surface area contributed by atoms with Crippen molar-refractivity contribution in [1.82, 2.24) is 9.97 Å². The maximum atomic E-state index is 5.07. The number of halogens is 1. The fourth-order valence-electron chi connectivity index (χ4n) is 0.735. The van der Waals surface area contributed by atoms with E-state index in [-0.39, 0.29) is 0 Å². The normalized spacial score (nSPS) is 10.8. The van der Waals surface area contributed by atoms with Crippen LogP contribution >= 0.6 is 39.9 Å². The van der Waals surface area contributed by atoms with Gasteiger partial charge in [-0.1, -0.05) is 26.1 Å². The Morgan fingerprint density at radius 1 is 1.69 bits per heavy atom. The Bertz CT molecular complexity index is 335. The lowest BCUT2D eigenvalue weighted by Crippen LogP contribution is -1.95. The second kappa shape index (κ2) is 5.12. The molecule has 1 aromatic heterocycles. The van der Waals surface area contributed by atoms with Crippen LogP contribution in [0.4, 0.5) is 0 Å². The summed E-state index contributed by atoms with van der Waals surface area (Å²) in [6.45, 7) is 4.33. The summed E-state index contributed by atoms with van der Waals surface area (Å²) in [4.78, 5) is 7.29. The summed E-state index contributed by atoms with van der Waals surface area (Å²) in [7, 11) is 0. The third kappa shape index (κ3) is 3.79. The lowest BCUT2D eigenvalue weighted by Gasteiger charge is -2.03. The molecule has 0 atom stereocenters. The van der Waals surface area contributed by atoms with Crippen molar-refractivity contribution in [2.24, 2.45) is 0 Å². The van der Waals surface area contributed by atoms with Crippen molar-refractivity contribution in [3.8, 4) is 0 Å². The average molecular weight is 279 g/mol. The molecule has 1 N–H and O–H groups in total. The van der Waals surface area contributed by atoms with Crippen molar-refractivity contribution in [3.05, 3.63) is 21.1 Å². The first-order chi connectivity index (χ1) is 6.09. The largest absolute Gasteiger partial charge is 0.333 e. The van der Waals surface area contributed by atoms with Gasteiger partial charge in [-0.05, 0) is 21.2 Å². The number of hydrogen-bond donors (Lipinski definition) is 1. The second-order valence-corrected chi connectivity index (χ2v) is 5.69. The molecule has 1 heterocycles. The summed E-state index contributed by atoms with van der Waals surface area (Å²) >= 11 is 10.2. The van der Waals surface area contributed by atoms with Crippen LogP contribution in [0.2, 0.25) is 0 Å². The number of aromatic nitrogens is 2. The Morgan fingerprint density at radius 2 is 2.38 bits per heavy atom. The standard InChI is InChI=1S/C8H11BrN2S2/c1-5(2)13-4-7-10-3-6(9)8(12)11-7/h3,5H,4H2,1-2H3,(H,10,11,12). The molecule has 0 unspecified atom stereocenters. The smallest absolute Gasteiger partial charge is 0.120 e. The zero-order valence-corrected chi connectivity index (χ0v) is 10.7. The van der Waals surface area contributed by atoms with Gasteiger partial charge in [-0.25, -0.2) is 4.98 Å². The van der Waals surface area contributed by atoms with E-state index >= 15 is 0 Å². The van der Waals surface area contributed by atoms with Gasteiger partial charge < -0.3 is 4.98 Å². The van der Waals surface area contributed by atoms with E-state index in [0.717, 1.165) is 16.0 Å². The van der Waals surface area contributed by atoms with Crippen LogP contribution in [-0.2, 0) is 5.75 Å². The van der Waals surface area contributed by atoms with E-state index < -0.39 is 0 Å². The van der Waals surface area contributed by atoms with Gasteiger partial charge in [0.25, 0.3) is 0 Å². The van der Waals surface area contributed by atoms with Crippen molar-refractivity contribution in [2.75, 3.05) is 0 Å². The third-order valence-electron chi connectivity index (χ3n) is 1.36. The monoisotopic (exact) mass is 278 g/mol. The molecular formula is C8H11BrN2S2. The minimum Gasteiger partial charge on any atom is -0.333 e. The molecule has 0 saturated heterocycles. The lowest BCUT2D eigenvalue weighted by atomic mass is 10.6. The van der Waals surface area contributed by atoms with Crippen LogP contribution in [-0.4, -0.2) is 15.2 Å². The van der Waals surface area contributed by atoms with Crippen LogP contribution in [0.3, 0.4) is 0 Å². The highest BCUT2D eigenvalue weighted by molar-refractivity contribution is 9.10. The van der Waals surface area contributed by atoms with Crippen LogP contribution in [0.25, 0.3) is 0 Å². The highest BCUT2D eigenvalue weighted by atomic mass is 79.9. The molecule has 0 aliphatic rings. The van der Waals surface area contributed by atoms with Crippen molar-refractivity contribution in [2.45, 2.75) is 24.9 Å². The predicted molar refractivity (Wildman–Crippen MR) is 63.6 cm³/mol. The highest BCUT2D eigenvalue weighted by Crippen LogP contribution is 2.15. The lowest BCUT2D eigenvalue weighted by molar-refractivity contribution is 1.00. The summed E-state index contributed by atoms with van der Waals surface area (Å²) in [5.41, 5.74) is 0. The van der Waals surface area contributed by atoms with E-state index in [1.54, 1.807) is 6.20 Å². The third-order valence-corrected chi connectivity index (χ3v) is 3.65. The summed E-state index contributed by atoms with van der Waals surface area (Å²) < 4.78 is 1.56. The molecule has 1 rings (SSSR count). The maximum absolute atomic E-state index is 5.07. The number of aromatic amines is 1. The second-order valence-electron chi connectivity index (χ2n) is 2.87. The van der Waals surface area contributed by atoms with Crippen molar-refractivity contribution < 1.29 is 0 Å². The molecule has 0 radical (unpaired) electrons. The zero-order chi connectivity index (χ0) is 9.84. The van der Waals surface area contributed by atoms with E-state index in [2.05, 4.69) is 39.7 Å². The molecule has 0 aromatic carbocycles. The average Bonchev–Trinajstić information content (AvgIpc) is 2.07. The number of nitrogens with one attached hydrogen (secondary N) is 1. The minimum absolute atomic E-state index is 0.618. The van der Waals surface area contributed by atoms with Gasteiger partial charge in [0.15, 0.2) is 0 Å². The topological polar surface area (TPSA) is 28.7 Å². The van der Waals surface area contributed by atoms with Crippen molar-refractivity contribution >= 4 is 39.9 Å². The van der Waals surface area contributed by atoms with Gasteiger partial charge in [-0.2, -0.15) is 11.8 Å². The summed E-state index contributed by atoms with van der Waals surface area (Å²) in [6.07, 6.45) is 1.75. The number of nitrogens with zero attached hydrogens (tertiary/aromatic N) is 1. The van der Waals surface area contributed by atoms with E-state index in [1.807, 2.05) is 11.8 Å². The quantitative estimate of drug-likeness (QED) is 0.858. The van der Waals surface area contributed by atoms with E-state index in [1.165, 1.54) is 0 Å². The van der Waals surface area contributed by atoms with Crippen LogP contribution in [0.15, 0.2) is 10.7 Å². The fourth-order valence-corrected chi connectivity index (χ4v) is 1.75. The first kappa shape index (κ1) is 11.2. The van der Waals surface area contributed by atoms with Gasteiger partial charge in [0.2, 0.25) is 0 Å². The fraction of sp³-hybridized carbons (Fsp3) is 0.500. The molecule has 0 spiro atoms. The number of thioether (sulfide) groups is 1. The Labute approximate surface area is 95.7 Å². The summed E-state index contributed by atoms with van der Waals surface area (Å²) in [5.74, 6) is 1.82. The predicted octanol–water partition coefficient (Wildman–Crippen LogP) is 3.54.